The van der Waals surface area contributed by atoms with Crippen LogP contribution in [0.15, 0.2) is 41.0 Å². The standard InChI is InChI=1S/C15H17N3O5/c1-22-15(21)12(9-5-3-2-4-6-9)18-13(20)11-8-23-14(17-11)10(16)7-19/h2-6,8,10,12,19H,7,16H2,1H3,(H,18,20). The van der Waals surface area contributed by atoms with Gasteiger partial charge in [0.1, 0.15) is 12.3 Å². The molecule has 0 saturated carbocycles. The highest BCUT2D eigenvalue weighted by Crippen LogP contribution is 2.16. The van der Waals surface area contributed by atoms with Crippen LogP contribution in [0.4, 0.5) is 0 Å². The van der Waals surface area contributed by atoms with Crippen molar-refractivity contribution >= 4 is 11.9 Å². The van der Waals surface area contributed by atoms with E-state index in [9.17, 15) is 9.59 Å². The van der Waals surface area contributed by atoms with E-state index in [0.29, 0.717) is 5.56 Å². The summed E-state index contributed by atoms with van der Waals surface area (Å²) in [5.74, 6) is -1.20. The number of amides is 1. The number of benzene rings is 1. The molecule has 1 amide bonds. The largest absolute Gasteiger partial charge is 0.467 e. The average molecular weight is 319 g/mol. The number of methoxy groups -OCH3 is 1. The molecule has 2 unspecified atom stereocenters. The predicted molar refractivity (Wildman–Crippen MR) is 79.2 cm³/mol. The van der Waals surface area contributed by atoms with Crippen LogP contribution < -0.4 is 11.1 Å². The van der Waals surface area contributed by atoms with Crippen LogP contribution in [0, 0.1) is 0 Å². The van der Waals surface area contributed by atoms with Gasteiger partial charge in [-0.05, 0) is 5.56 Å². The van der Waals surface area contributed by atoms with Crippen LogP contribution in [0.5, 0.6) is 0 Å². The quantitative estimate of drug-likeness (QED) is 0.654. The zero-order valence-electron chi connectivity index (χ0n) is 12.4. The van der Waals surface area contributed by atoms with Crippen molar-refractivity contribution in [3.05, 3.63) is 53.7 Å². The zero-order valence-corrected chi connectivity index (χ0v) is 12.4. The third-order valence-electron chi connectivity index (χ3n) is 3.11. The second-order valence-corrected chi connectivity index (χ2v) is 4.70. The highest BCUT2D eigenvalue weighted by molar-refractivity contribution is 5.95. The predicted octanol–water partition coefficient (Wildman–Crippen LogP) is 0.311. The highest BCUT2D eigenvalue weighted by atomic mass is 16.5. The Morgan fingerprint density at radius 3 is 2.70 bits per heavy atom. The lowest BCUT2D eigenvalue weighted by Gasteiger charge is -2.16. The van der Waals surface area contributed by atoms with Crippen molar-refractivity contribution in [2.24, 2.45) is 5.73 Å². The number of carbonyl (C=O) groups is 2. The Morgan fingerprint density at radius 2 is 2.09 bits per heavy atom. The number of aliphatic hydroxyl groups excluding tert-OH is 1. The highest BCUT2D eigenvalue weighted by Gasteiger charge is 2.25. The van der Waals surface area contributed by atoms with Crippen LogP contribution in [0.3, 0.4) is 0 Å². The molecule has 0 spiro atoms. The van der Waals surface area contributed by atoms with E-state index in [1.54, 1.807) is 30.3 Å². The molecule has 0 fully saturated rings. The molecular formula is C15H17N3O5. The number of nitrogens with zero attached hydrogens (tertiary/aromatic N) is 1. The molecule has 2 rings (SSSR count). The first-order valence-corrected chi connectivity index (χ1v) is 6.82. The van der Waals surface area contributed by atoms with Gasteiger partial charge in [0, 0.05) is 0 Å². The minimum absolute atomic E-state index is 0.0342. The molecule has 1 aromatic heterocycles. The van der Waals surface area contributed by atoms with Crippen LogP contribution in [-0.4, -0.2) is 35.7 Å². The van der Waals surface area contributed by atoms with Crippen molar-refractivity contribution in [1.82, 2.24) is 10.3 Å². The molecule has 1 heterocycles. The summed E-state index contributed by atoms with van der Waals surface area (Å²) >= 11 is 0. The Bertz CT molecular complexity index is 671. The molecule has 2 aromatic rings. The van der Waals surface area contributed by atoms with Crippen molar-refractivity contribution in [2.75, 3.05) is 13.7 Å². The molecule has 2 atom stereocenters. The number of oxazole rings is 1. The summed E-state index contributed by atoms with van der Waals surface area (Å²) in [6.45, 7) is -0.365. The lowest BCUT2D eigenvalue weighted by Crippen LogP contribution is -2.34. The fourth-order valence-corrected chi connectivity index (χ4v) is 1.89. The maximum absolute atomic E-state index is 12.2. The first-order valence-electron chi connectivity index (χ1n) is 6.82. The van der Waals surface area contributed by atoms with Gasteiger partial charge in [-0.25, -0.2) is 9.78 Å². The Balaban J connectivity index is 2.18. The first-order chi connectivity index (χ1) is 11.1. The van der Waals surface area contributed by atoms with E-state index < -0.39 is 24.0 Å². The summed E-state index contributed by atoms with van der Waals surface area (Å²) in [4.78, 5) is 28.0. The number of hydrogen-bond donors (Lipinski definition) is 3. The molecule has 0 radical (unpaired) electrons. The maximum Gasteiger partial charge on any atom is 0.333 e. The number of nitrogens with one attached hydrogen (secondary N) is 1. The lowest BCUT2D eigenvalue weighted by molar-refractivity contribution is -0.143. The molecule has 4 N–H and O–H groups in total. The summed E-state index contributed by atoms with van der Waals surface area (Å²) in [5.41, 5.74) is 6.08. The Labute approximate surface area is 132 Å². The van der Waals surface area contributed by atoms with Crippen LogP contribution >= 0.6 is 0 Å². The van der Waals surface area contributed by atoms with Gasteiger partial charge >= 0.3 is 5.97 Å². The molecule has 0 saturated heterocycles. The van der Waals surface area contributed by atoms with Crippen molar-refractivity contribution in [3.63, 3.8) is 0 Å². The van der Waals surface area contributed by atoms with E-state index in [1.165, 1.54) is 7.11 Å². The van der Waals surface area contributed by atoms with E-state index in [1.807, 2.05) is 0 Å². The molecule has 8 heteroatoms. The second kappa shape index (κ2) is 7.52. The maximum atomic E-state index is 12.2. The summed E-state index contributed by atoms with van der Waals surface area (Å²) in [6.07, 6.45) is 1.11. The van der Waals surface area contributed by atoms with E-state index in [-0.39, 0.29) is 18.2 Å². The Hall–Kier alpha value is -2.71. The SMILES string of the molecule is COC(=O)C(NC(=O)c1coc(C(N)CO)n1)c1ccccc1. The van der Waals surface area contributed by atoms with E-state index >= 15 is 0 Å². The number of esters is 1. The molecular weight excluding hydrogens is 302 g/mol. The molecule has 0 aliphatic carbocycles. The van der Waals surface area contributed by atoms with Gasteiger partial charge in [0.15, 0.2) is 11.7 Å². The number of rotatable bonds is 6. The molecule has 122 valence electrons. The fourth-order valence-electron chi connectivity index (χ4n) is 1.89. The third kappa shape index (κ3) is 3.93. The first kappa shape index (κ1) is 16.7. The van der Waals surface area contributed by atoms with E-state index in [2.05, 4.69) is 10.3 Å². The summed E-state index contributed by atoms with van der Waals surface area (Å²) in [6, 6.07) is 6.87. The average Bonchev–Trinajstić information content (AvgIpc) is 3.09. The van der Waals surface area contributed by atoms with Crippen LogP contribution in [0.2, 0.25) is 0 Å². The molecule has 0 aliphatic heterocycles. The molecule has 23 heavy (non-hydrogen) atoms. The van der Waals surface area contributed by atoms with Crippen molar-refractivity contribution < 1.29 is 23.8 Å². The monoisotopic (exact) mass is 319 g/mol. The minimum atomic E-state index is -0.972. The molecule has 8 nitrogen and oxygen atoms in total. The number of aromatic nitrogens is 1. The van der Waals surface area contributed by atoms with E-state index in [0.717, 1.165) is 6.26 Å². The Kier molecular flexibility index (Phi) is 5.45. The zero-order chi connectivity index (χ0) is 16.8. The fraction of sp³-hybridized carbons (Fsp3) is 0.267. The summed E-state index contributed by atoms with van der Waals surface area (Å²) in [5, 5.41) is 11.5. The van der Waals surface area contributed by atoms with Crippen molar-refractivity contribution in [1.29, 1.82) is 0 Å². The number of aliphatic hydroxyl groups is 1. The van der Waals surface area contributed by atoms with Gasteiger partial charge in [-0.1, -0.05) is 30.3 Å². The minimum Gasteiger partial charge on any atom is -0.467 e. The summed E-state index contributed by atoms with van der Waals surface area (Å²) in [7, 11) is 1.24. The van der Waals surface area contributed by atoms with Gasteiger partial charge in [0.05, 0.1) is 13.7 Å². The number of carbonyl (C=O) groups excluding carboxylic acids is 2. The van der Waals surface area contributed by atoms with Gasteiger partial charge in [0.25, 0.3) is 5.91 Å². The van der Waals surface area contributed by atoms with Gasteiger partial charge in [-0.3, -0.25) is 4.79 Å². The van der Waals surface area contributed by atoms with E-state index in [4.69, 9.17) is 20.0 Å². The van der Waals surface area contributed by atoms with Crippen LogP contribution in [0.1, 0.15) is 34.0 Å². The number of ether oxygens (including phenoxy) is 1. The number of hydrogen-bond acceptors (Lipinski definition) is 7. The molecule has 0 bridgehead atoms. The number of nitrogens with two attached hydrogens (primary N) is 1. The topological polar surface area (TPSA) is 128 Å². The van der Waals surface area contributed by atoms with Gasteiger partial charge in [-0.15, -0.1) is 0 Å². The lowest BCUT2D eigenvalue weighted by atomic mass is 10.1. The smallest absolute Gasteiger partial charge is 0.333 e. The third-order valence-corrected chi connectivity index (χ3v) is 3.11. The van der Waals surface area contributed by atoms with Gasteiger partial charge in [-0.2, -0.15) is 0 Å². The second-order valence-electron chi connectivity index (χ2n) is 4.70. The normalized spacial score (nSPS) is 13.2. The molecule has 0 aliphatic rings. The Morgan fingerprint density at radius 1 is 1.39 bits per heavy atom. The van der Waals surface area contributed by atoms with Crippen molar-refractivity contribution in [3.8, 4) is 0 Å². The molecule has 1 aromatic carbocycles. The summed E-state index contributed by atoms with van der Waals surface area (Å²) < 4.78 is 9.75. The van der Waals surface area contributed by atoms with Crippen molar-refractivity contribution in [2.45, 2.75) is 12.1 Å². The van der Waals surface area contributed by atoms with Crippen LogP contribution in [0.25, 0.3) is 0 Å². The van der Waals surface area contributed by atoms with Gasteiger partial charge < -0.3 is 25.3 Å². The van der Waals surface area contributed by atoms with Gasteiger partial charge in [0.2, 0.25) is 5.89 Å². The van der Waals surface area contributed by atoms with Crippen LogP contribution in [-0.2, 0) is 9.53 Å².